The molecule has 0 aliphatic carbocycles. The lowest BCUT2D eigenvalue weighted by atomic mass is 10.5. The van der Waals surface area contributed by atoms with Gasteiger partial charge in [-0.25, -0.2) is 0 Å². The highest BCUT2D eigenvalue weighted by atomic mass is 16.6. The maximum absolute atomic E-state index is 10.1. The second kappa shape index (κ2) is 2.09. The number of likely N-dealkylation sites (N-methyl/N-ethyl adjacent to an activating group) is 1. The predicted octanol–water partition coefficient (Wildman–Crippen LogP) is 0.0782. The Kier molecular flexibility index (Phi) is 1.41. The van der Waals surface area contributed by atoms with E-state index >= 15 is 0 Å². The summed E-state index contributed by atoms with van der Waals surface area (Å²) in [7, 11) is 1.61. The summed E-state index contributed by atoms with van der Waals surface area (Å²) in [6.07, 6.45) is 0. The zero-order valence-corrected chi connectivity index (χ0v) is 5.57. The van der Waals surface area contributed by atoms with Crippen LogP contribution in [0.3, 0.4) is 0 Å². The minimum absolute atomic E-state index is 0.120. The van der Waals surface area contributed by atoms with Crippen LogP contribution in [0.5, 0.6) is 0 Å². The highest BCUT2D eigenvalue weighted by Crippen LogP contribution is 2.07. The van der Waals surface area contributed by atoms with E-state index in [-0.39, 0.29) is 5.96 Å². The molecule has 0 atom stereocenters. The molecule has 0 spiro atoms. The first-order valence-electron chi connectivity index (χ1n) is 2.73. The van der Waals surface area contributed by atoms with Crippen molar-refractivity contribution in [3.8, 4) is 0 Å². The number of guanidine groups is 1. The molecule has 0 radical (unpaired) electrons. The topological polar surface area (TPSA) is 58.7 Å². The molecule has 0 aromatic rings. The summed E-state index contributed by atoms with van der Waals surface area (Å²) in [5.41, 5.74) is 0.536. The molecule has 0 aromatic heterocycles. The number of nitrogens with zero attached hydrogens (tertiary/aromatic N) is 3. The maximum atomic E-state index is 10.1. The predicted molar refractivity (Wildman–Crippen MR) is 36.2 cm³/mol. The highest BCUT2D eigenvalue weighted by Gasteiger charge is 2.26. The standard InChI is InChI=1S/C5H7N3O2/c1-4-3-7(2)5(6-4)8(9)10/h1,3H2,2H3. The van der Waals surface area contributed by atoms with E-state index in [1.807, 2.05) is 0 Å². The van der Waals surface area contributed by atoms with E-state index in [1.165, 1.54) is 4.90 Å². The minimum Gasteiger partial charge on any atom is -0.390 e. The molecule has 5 nitrogen and oxygen atoms in total. The van der Waals surface area contributed by atoms with Crippen molar-refractivity contribution in [1.29, 1.82) is 0 Å². The molecular formula is C5H7N3O2. The molecular weight excluding hydrogens is 134 g/mol. The van der Waals surface area contributed by atoms with Crippen molar-refractivity contribution >= 4 is 5.96 Å². The van der Waals surface area contributed by atoms with Crippen molar-refractivity contribution < 1.29 is 4.92 Å². The Hall–Kier alpha value is -1.39. The summed E-state index contributed by atoms with van der Waals surface area (Å²) in [6.45, 7) is 3.96. The van der Waals surface area contributed by atoms with E-state index in [0.717, 1.165) is 0 Å². The fraction of sp³-hybridized carbons (Fsp3) is 0.400. The van der Waals surface area contributed by atoms with Gasteiger partial charge < -0.3 is 10.1 Å². The van der Waals surface area contributed by atoms with Crippen LogP contribution in [-0.4, -0.2) is 29.4 Å². The van der Waals surface area contributed by atoms with Crippen molar-refractivity contribution in [3.05, 3.63) is 22.4 Å². The molecule has 0 bridgehead atoms. The van der Waals surface area contributed by atoms with Gasteiger partial charge in [0, 0.05) is 0 Å². The summed E-state index contributed by atoms with van der Waals surface area (Å²) >= 11 is 0. The second-order valence-electron chi connectivity index (χ2n) is 2.09. The number of hydrogen-bond acceptors (Lipinski definition) is 4. The van der Waals surface area contributed by atoms with Crippen LogP contribution in [-0.2, 0) is 0 Å². The van der Waals surface area contributed by atoms with E-state index in [9.17, 15) is 10.1 Å². The molecule has 1 aliphatic rings. The molecule has 5 heteroatoms. The highest BCUT2D eigenvalue weighted by molar-refractivity contribution is 5.75. The maximum Gasteiger partial charge on any atom is 0.430 e. The first-order valence-corrected chi connectivity index (χ1v) is 2.73. The molecule has 0 amide bonds. The van der Waals surface area contributed by atoms with Gasteiger partial charge in [0.25, 0.3) is 0 Å². The number of rotatable bonds is 0. The van der Waals surface area contributed by atoms with Crippen LogP contribution in [0.2, 0.25) is 0 Å². The summed E-state index contributed by atoms with van der Waals surface area (Å²) in [4.78, 5) is 14.7. The van der Waals surface area contributed by atoms with Crippen LogP contribution in [0.1, 0.15) is 0 Å². The number of nitro groups is 1. The normalized spacial score (nSPS) is 17.5. The molecule has 10 heavy (non-hydrogen) atoms. The van der Waals surface area contributed by atoms with Crippen molar-refractivity contribution in [2.24, 2.45) is 4.99 Å². The van der Waals surface area contributed by atoms with Gasteiger partial charge in [-0.15, -0.1) is 0 Å². The van der Waals surface area contributed by atoms with Crippen molar-refractivity contribution in [2.45, 2.75) is 0 Å². The Morgan fingerprint density at radius 1 is 1.90 bits per heavy atom. The molecule has 1 heterocycles. The summed E-state index contributed by atoms with van der Waals surface area (Å²) < 4.78 is 0. The monoisotopic (exact) mass is 141 g/mol. The fourth-order valence-corrected chi connectivity index (χ4v) is 0.787. The molecule has 0 saturated heterocycles. The average Bonchev–Trinajstić information content (AvgIpc) is 2.10. The molecule has 54 valence electrons. The van der Waals surface area contributed by atoms with Crippen LogP contribution in [0, 0.1) is 10.1 Å². The van der Waals surface area contributed by atoms with Crippen LogP contribution in [0.4, 0.5) is 0 Å². The lowest BCUT2D eigenvalue weighted by Gasteiger charge is -2.03. The van der Waals surface area contributed by atoms with Gasteiger partial charge >= 0.3 is 5.96 Å². The van der Waals surface area contributed by atoms with E-state index in [4.69, 9.17) is 0 Å². The van der Waals surface area contributed by atoms with E-state index < -0.39 is 4.92 Å². The summed E-state index contributed by atoms with van der Waals surface area (Å²) in [5, 5.41) is 10.1. The lowest BCUT2D eigenvalue weighted by molar-refractivity contribution is -0.361. The van der Waals surface area contributed by atoms with Gasteiger partial charge in [0.2, 0.25) is 0 Å². The largest absolute Gasteiger partial charge is 0.430 e. The number of hydrogen-bond donors (Lipinski definition) is 0. The smallest absolute Gasteiger partial charge is 0.390 e. The van der Waals surface area contributed by atoms with Crippen molar-refractivity contribution in [3.63, 3.8) is 0 Å². The first kappa shape index (κ1) is 6.73. The SMILES string of the molecule is C=C1CN(C)C([N+](=O)[O-])=N1. The average molecular weight is 141 g/mol. The van der Waals surface area contributed by atoms with Gasteiger partial charge in [0.15, 0.2) is 0 Å². The van der Waals surface area contributed by atoms with Gasteiger partial charge in [-0.05, 0) is 4.92 Å². The Balaban J connectivity index is 2.85. The molecule has 0 unspecified atom stereocenters. The minimum atomic E-state index is -0.516. The Bertz CT molecular complexity index is 221. The van der Waals surface area contributed by atoms with Gasteiger partial charge in [-0.1, -0.05) is 11.6 Å². The van der Waals surface area contributed by atoms with Crippen LogP contribution < -0.4 is 0 Å². The zero-order valence-electron chi connectivity index (χ0n) is 5.57. The van der Waals surface area contributed by atoms with Crippen LogP contribution in [0.15, 0.2) is 17.3 Å². The molecule has 0 aromatic carbocycles. The molecule has 0 fully saturated rings. The third-order valence-electron chi connectivity index (χ3n) is 1.18. The quantitative estimate of drug-likeness (QED) is 0.354. The number of aliphatic imine (C=N–C) groups is 1. The Morgan fingerprint density at radius 2 is 2.50 bits per heavy atom. The second-order valence-corrected chi connectivity index (χ2v) is 2.09. The summed E-state index contributed by atoms with van der Waals surface area (Å²) in [6, 6.07) is 0. The van der Waals surface area contributed by atoms with Gasteiger partial charge in [-0.2, -0.15) is 0 Å². The molecule has 0 N–H and O–H groups in total. The fourth-order valence-electron chi connectivity index (χ4n) is 0.787. The zero-order chi connectivity index (χ0) is 7.72. The molecule has 1 rings (SSSR count). The van der Waals surface area contributed by atoms with Crippen LogP contribution >= 0.6 is 0 Å². The van der Waals surface area contributed by atoms with E-state index in [0.29, 0.717) is 12.2 Å². The van der Waals surface area contributed by atoms with Gasteiger partial charge in [-0.3, -0.25) is 4.90 Å². The first-order chi connectivity index (χ1) is 4.61. The third-order valence-corrected chi connectivity index (χ3v) is 1.18. The Labute approximate surface area is 57.8 Å². The molecule has 0 saturated carbocycles. The van der Waals surface area contributed by atoms with Crippen molar-refractivity contribution in [1.82, 2.24) is 4.90 Å². The summed E-state index contributed by atoms with van der Waals surface area (Å²) in [5.74, 6) is -0.120. The third kappa shape index (κ3) is 0.975. The van der Waals surface area contributed by atoms with Gasteiger partial charge in [0.05, 0.1) is 7.05 Å². The molecule has 1 aliphatic heterocycles. The van der Waals surface area contributed by atoms with E-state index in [2.05, 4.69) is 11.6 Å². The van der Waals surface area contributed by atoms with Gasteiger partial charge in [0.1, 0.15) is 12.2 Å². The van der Waals surface area contributed by atoms with E-state index in [1.54, 1.807) is 7.05 Å². The van der Waals surface area contributed by atoms with Crippen LogP contribution in [0.25, 0.3) is 0 Å². The van der Waals surface area contributed by atoms with Crippen molar-refractivity contribution in [2.75, 3.05) is 13.6 Å². The Morgan fingerprint density at radius 3 is 2.70 bits per heavy atom. The lowest BCUT2D eigenvalue weighted by Crippen LogP contribution is -2.28.